The van der Waals surface area contributed by atoms with Crippen LogP contribution >= 0.6 is 0 Å². The minimum absolute atomic E-state index is 0.0512. The standard InChI is InChI=1S/C17H23NO9/c1-13(19)27-15-9-6-5-8-14(15)17(21)25-12-24-16(20)10-4-2-3-7-11-26-18(22)23/h5-6,8-9,22-23H,2-4,7,10-12H2,1H3. The lowest BCUT2D eigenvalue weighted by Crippen LogP contribution is -2.15. The van der Waals surface area contributed by atoms with Gasteiger partial charge >= 0.3 is 17.9 Å². The Morgan fingerprint density at radius 2 is 1.70 bits per heavy atom. The predicted octanol–water partition coefficient (Wildman–Crippen LogP) is 2.23. The maximum atomic E-state index is 12.0. The van der Waals surface area contributed by atoms with Crippen molar-refractivity contribution in [3.05, 3.63) is 29.8 Å². The highest BCUT2D eigenvalue weighted by atomic mass is 17.1. The first-order valence-corrected chi connectivity index (χ1v) is 8.31. The second kappa shape index (κ2) is 12.8. The van der Waals surface area contributed by atoms with Crippen molar-refractivity contribution in [2.24, 2.45) is 0 Å². The SMILES string of the molecule is CC(=O)Oc1ccccc1C(=O)OCOC(=O)CCCCCCON(O)O. The highest BCUT2D eigenvalue weighted by Gasteiger charge is 2.15. The molecule has 1 aromatic carbocycles. The molecule has 27 heavy (non-hydrogen) atoms. The van der Waals surface area contributed by atoms with E-state index in [1.165, 1.54) is 19.1 Å². The van der Waals surface area contributed by atoms with Crippen LogP contribution in [0.4, 0.5) is 0 Å². The average Bonchev–Trinajstić information content (AvgIpc) is 2.60. The summed E-state index contributed by atoms with van der Waals surface area (Å²) in [7, 11) is 0. The van der Waals surface area contributed by atoms with E-state index in [2.05, 4.69) is 4.84 Å². The van der Waals surface area contributed by atoms with Gasteiger partial charge in [0.05, 0.1) is 12.0 Å². The number of rotatable bonds is 12. The van der Waals surface area contributed by atoms with Crippen molar-refractivity contribution in [2.75, 3.05) is 13.4 Å². The molecule has 0 aliphatic heterocycles. The average molecular weight is 385 g/mol. The third-order valence-electron chi connectivity index (χ3n) is 3.25. The van der Waals surface area contributed by atoms with Crippen molar-refractivity contribution in [2.45, 2.75) is 39.0 Å². The number of esters is 3. The first-order chi connectivity index (χ1) is 12.9. The summed E-state index contributed by atoms with van der Waals surface area (Å²) < 4.78 is 14.6. The summed E-state index contributed by atoms with van der Waals surface area (Å²) in [6, 6.07) is 6.07. The molecule has 0 fully saturated rings. The number of unbranched alkanes of at least 4 members (excludes halogenated alkanes) is 3. The van der Waals surface area contributed by atoms with Gasteiger partial charge in [-0.05, 0) is 25.0 Å². The molecule has 0 saturated carbocycles. The van der Waals surface area contributed by atoms with E-state index >= 15 is 0 Å². The topological polar surface area (TPSA) is 132 Å². The lowest BCUT2D eigenvalue weighted by Gasteiger charge is -2.09. The van der Waals surface area contributed by atoms with Gasteiger partial charge in [0.1, 0.15) is 11.3 Å². The maximum Gasteiger partial charge on any atom is 0.344 e. The van der Waals surface area contributed by atoms with Crippen LogP contribution in [0, 0.1) is 0 Å². The predicted molar refractivity (Wildman–Crippen MR) is 88.6 cm³/mol. The quantitative estimate of drug-likeness (QED) is 0.181. The number of para-hydroxylation sites is 1. The monoisotopic (exact) mass is 385 g/mol. The van der Waals surface area contributed by atoms with Crippen LogP contribution in [0.15, 0.2) is 24.3 Å². The van der Waals surface area contributed by atoms with Crippen LogP contribution in [0.25, 0.3) is 0 Å². The molecule has 0 radical (unpaired) electrons. The number of ether oxygens (including phenoxy) is 3. The molecule has 0 unspecified atom stereocenters. The fourth-order valence-electron chi connectivity index (χ4n) is 2.05. The Morgan fingerprint density at radius 3 is 2.41 bits per heavy atom. The summed E-state index contributed by atoms with van der Waals surface area (Å²) in [4.78, 5) is 39.0. The smallest absolute Gasteiger partial charge is 0.344 e. The van der Waals surface area contributed by atoms with Gasteiger partial charge < -0.3 is 14.2 Å². The molecule has 0 aliphatic carbocycles. The number of carbonyl (C=O) groups excluding carboxylic acids is 3. The molecular weight excluding hydrogens is 362 g/mol. The molecule has 1 aromatic rings. The molecule has 10 heteroatoms. The van der Waals surface area contributed by atoms with Gasteiger partial charge in [-0.2, -0.15) is 0 Å². The van der Waals surface area contributed by atoms with Crippen LogP contribution in [-0.2, 0) is 23.9 Å². The fraction of sp³-hybridized carbons (Fsp3) is 0.471. The van der Waals surface area contributed by atoms with E-state index in [9.17, 15) is 14.4 Å². The molecule has 150 valence electrons. The molecule has 0 saturated heterocycles. The Hall–Kier alpha value is -2.53. The number of hydrogen-bond donors (Lipinski definition) is 2. The van der Waals surface area contributed by atoms with Crippen molar-refractivity contribution >= 4 is 17.9 Å². The van der Waals surface area contributed by atoms with E-state index in [-0.39, 0.29) is 29.7 Å². The molecule has 10 nitrogen and oxygen atoms in total. The van der Waals surface area contributed by atoms with Gasteiger partial charge in [-0.25, -0.2) is 4.79 Å². The lowest BCUT2D eigenvalue weighted by molar-refractivity contribution is -0.492. The largest absolute Gasteiger partial charge is 0.428 e. The van der Waals surface area contributed by atoms with Crippen molar-refractivity contribution in [1.82, 2.24) is 5.39 Å². The molecule has 0 aliphatic rings. The number of carbonyl (C=O) groups is 3. The van der Waals surface area contributed by atoms with Crippen LogP contribution < -0.4 is 4.74 Å². The fourth-order valence-corrected chi connectivity index (χ4v) is 2.05. The Labute approximate surface area is 156 Å². The highest BCUT2D eigenvalue weighted by Crippen LogP contribution is 2.19. The van der Waals surface area contributed by atoms with Gasteiger partial charge in [-0.1, -0.05) is 25.0 Å². The van der Waals surface area contributed by atoms with E-state index in [0.29, 0.717) is 12.8 Å². The van der Waals surface area contributed by atoms with Gasteiger partial charge in [0, 0.05) is 13.3 Å². The Morgan fingerprint density at radius 1 is 1.00 bits per heavy atom. The van der Waals surface area contributed by atoms with Gasteiger partial charge in [-0.15, -0.1) is 0 Å². The van der Waals surface area contributed by atoms with E-state index in [1.807, 2.05) is 0 Å². The lowest BCUT2D eigenvalue weighted by atomic mass is 10.1. The summed E-state index contributed by atoms with van der Waals surface area (Å²) in [5.74, 6) is -1.79. The van der Waals surface area contributed by atoms with Crippen molar-refractivity contribution < 1.29 is 43.8 Å². The third-order valence-corrected chi connectivity index (χ3v) is 3.25. The third kappa shape index (κ3) is 10.3. The van der Waals surface area contributed by atoms with Crippen LogP contribution in [0.5, 0.6) is 5.75 Å². The first-order valence-electron chi connectivity index (χ1n) is 8.31. The second-order valence-electron chi connectivity index (χ2n) is 5.41. The molecule has 0 spiro atoms. The van der Waals surface area contributed by atoms with Crippen LogP contribution in [0.1, 0.15) is 49.4 Å². The summed E-state index contributed by atoms with van der Waals surface area (Å²) >= 11 is 0. The normalized spacial score (nSPS) is 10.5. The van der Waals surface area contributed by atoms with Crippen molar-refractivity contribution in [3.8, 4) is 5.75 Å². The zero-order valence-corrected chi connectivity index (χ0v) is 15.0. The number of nitrogens with zero attached hydrogens (tertiary/aromatic N) is 1. The Balaban J connectivity index is 2.20. The Bertz CT molecular complexity index is 618. The zero-order valence-electron chi connectivity index (χ0n) is 15.0. The first kappa shape index (κ1) is 22.5. The van der Waals surface area contributed by atoms with E-state index in [0.717, 1.165) is 12.8 Å². The minimum Gasteiger partial charge on any atom is -0.428 e. The van der Waals surface area contributed by atoms with Gasteiger partial charge in [0.2, 0.25) is 6.79 Å². The Kier molecular flexibility index (Phi) is 10.6. The number of benzene rings is 1. The van der Waals surface area contributed by atoms with Gasteiger partial charge in [-0.3, -0.25) is 24.8 Å². The summed E-state index contributed by atoms with van der Waals surface area (Å²) in [5.41, 5.74) is 0.0512. The van der Waals surface area contributed by atoms with Crippen LogP contribution in [0.2, 0.25) is 0 Å². The number of hydrogen-bond acceptors (Lipinski definition) is 10. The van der Waals surface area contributed by atoms with Gasteiger partial charge in [0.25, 0.3) is 0 Å². The van der Waals surface area contributed by atoms with Gasteiger partial charge in [0.15, 0.2) is 0 Å². The highest BCUT2D eigenvalue weighted by molar-refractivity contribution is 5.93. The summed E-state index contributed by atoms with van der Waals surface area (Å²) in [6.45, 7) is 0.829. The minimum atomic E-state index is -0.776. The molecule has 0 amide bonds. The molecule has 0 bridgehead atoms. The molecule has 2 N–H and O–H groups in total. The molecule has 1 rings (SSSR count). The maximum absolute atomic E-state index is 12.0. The summed E-state index contributed by atoms with van der Waals surface area (Å²) in [5, 5.41) is 16.3. The second-order valence-corrected chi connectivity index (χ2v) is 5.41. The van der Waals surface area contributed by atoms with E-state index in [4.69, 9.17) is 24.6 Å². The molecular formula is C17H23NO9. The zero-order chi connectivity index (χ0) is 20.1. The van der Waals surface area contributed by atoms with E-state index in [1.54, 1.807) is 12.1 Å². The summed E-state index contributed by atoms with van der Waals surface area (Å²) in [6.07, 6.45) is 2.80. The van der Waals surface area contributed by atoms with E-state index < -0.39 is 24.7 Å². The molecule has 0 atom stereocenters. The van der Waals surface area contributed by atoms with Crippen LogP contribution in [0.3, 0.4) is 0 Å². The van der Waals surface area contributed by atoms with Crippen molar-refractivity contribution in [1.29, 1.82) is 0 Å². The van der Waals surface area contributed by atoms with Crippen LogP contribution in [-0.4, -0.2) is 47.1 Å². The van der Waals surface area contributed by atoms with Crippen molar-refractivity contribution in [3.63, 3.8) is 0 Å². The molecule has 0 heterocycles. The molecule has 0 aromatic heterocycles.